The minimum atomic E-state index is -0.194. The van der Waals surface area contributed by atoms with E-state index in [4.69, 9.17) is 25.8 Å². The molecule has 0 saturated heterocycles. The highest BCUT2D eigenvalue weighted by Crippen LogP contribution is 2.33. The van der Waals surface area contributed by atoms with Crippen molar-refractivity contribution in [2.45, 2.75) is 0 Å². The molecule has 0 aliphatic rings. The molecule has 0 aliphatic heterocycles. The zero-order valence-corrected chi connectivity index (χ0v) is 12.7. The lowest BCUT2D eigenvalue weighted by Crippen LogP contribution is -2.05. The van der Waals surface area contributed by atoms with Gasteiger partial charge in [-0.15, -0.1) is 0 Å². The number of rotatable bonds is 5. The molecular formula is C16H15ClO4. The summed E-state index contributed by atoms with van der Waals surface area (Å²) in [6, 6.07) is 10.0. The Labute approximate surface area is 128 Å². The molecule has 0 spiro atoms. The van der Waals surface area contributed by atoms with Gasteiger partial charge in [0.05, 0.1) is 31.9 Å². The van der Waals surface area contributed by atoms with Crippen LogP contribution in [0.3, 0.4) is 0 Å². The van der Waals surface area contributed by atoms with E-state index in [9.17, 15) is 4.79 Å². The Hall–Kier alpha value is -2.20. The highest BCUT2D eigenvalue weighted by molar-refractivity contribution is 6.32. The van der Waals surface area contributed by atoms with Gasteiger partial charge >= 0.3 is 0 Å². The van der Waals surface area contributed by atoms with Crippen molar-refractivity contribution in [1.29, 1.82) is 0 Å². The maximum atomic E-state index is 12.6. The van der Waals surface area contributed by atoms with Crippen molar-refractivity contribution < 1.29 is 19.0 Å². The van der Waals surface area contributed by atoms with Crippen LogP contribution >= 0.6 is 11.6 Å². The summed E-state index contributed by atoms with van der Waals surface area (Å²) in [5.74, 6) is 1.16. The molecule has 2 aromatic rings. The van der Waals surface area contributed by atoms with Crippen LogP contribution in [0.1, 0.15) is 15.9 Å². The number of carbonyl (C=O) groups is 1. The predicted molar refractivity (Wildman–Crippen MR) is 81.0 cm³/mol. The fraction of sp³-hybridized carbons (Fsp3) is 0.188. The van der Waals surface area contributed by atoms with E-state index in [1.165, 1.54) is 21.3 Å². The average Bonchev–Trinajstić information content (AvgIpc) is 2.53. The van der Waals surface area contributed by atoms with E-state index in [0.29, 0.717) is 33.4 Å². The summed E-state index contributed by atoms with van der Waals surface area (Å²) in [5.41, 5.74) is 0.879. The van der Waals surface area contributed by atoms with Crippen LogP contribution in [0.25, 0.3) is 0 Å². The molecule has 0 heterocycles. The second-order valence-electron chi connectivity index (χ2n) is 4.22. The van der Waals surface area contributed by atoms with Gasteiger partial charge in [-0.2, -0.15) is 0 Å². The van der Waals surface area contributed by atoms with Crippen LogP contribution in [0.2, 0.25) is 5.02 Å². The van der Waals surface area contributed by atoms with E-state index in [2.05, 4.69) is 0 Å². The molecule has 4 nitrogen and oxygen atoms in total. The summed E-state index contributed by atoms with van der Waals surface area (Å²) in [6.07, 6.45) is 0. The fourth-order valence-corrected chi connectivity index (χ4v) is 2.22. The molecular weight excluding hydrogens is 292 g/mol. The summed E-state index contributed by atoms with van der Waals surface area (Å²) in [5, 5.41) is 0.451. The summed E-state index contributed by atoms with van der Waals surface area (Å²) in [4.78, 5) is 12.6. The predicted octanol–water partition coefficient (Wildman–Crippen LogP) is 3.60. The first-order chi connectivity index (χ1) is 10.1. The van der Waals surface area contributed by atoms with Crippen LogP contribution in [0.5, 0.6) is 17.2 Å². The Morgan fingerprint density at radius 3 is 2.29 bits per heavy atom. The minimum Gasteiger partial charge on any atom is -0.495 e. The van der Waals surface area contributed by atoms with Gasteiger partial charge in [0, 0.05) is 5.56 Å². The molecule has 0 fully saturated rings. The van der Waals surface area contributed by atoms with Gasteiger partial charge in [0.1, 0.15) is 5.75 Å². The van der Waals surface area contributed by atoms with Gasteiger partial charge in [-0.3, -0.25) is 4.79 Å². The number of carbonyl (C=O) groups excluding carboxylic acids is 1. The standard InChI is InChI=1S/C16H15ClO4/c1-19-13-6-4-5-11(16(13)21-3)15(18)10-7-8-12(17)14(9-10)20-2/h4-9H,1-3H3. The quantitative estimate of drug-likeness (QED) is 0.792. The first-order valence-corrected chi connectivity index (χ1v) is 6.59. The second kappa shape index (κ2) is 6.50. The van der Waals surface area contributed by atoms with Crippen LogP contribution in [0, 0.1) is 0 Å². The van der Waals surface area contributed by atoms with Crippen LogP contribution < -0.4 is 14.2 Å². The van der Waals surface area contributed by atoms with E-state index < -0.39 is 0 Å². The van der Waals surface area contributed by atoms with Gasteiger partial charge in [0.2, 0.25) is 0 Å². The Morgan fingerprint density at radius 1 is 0.952 bits per heavy atom. The van der Waals surface area contributed by atoms with Crippen molar-refractivity contribution in [3.05, 3.63) is 52.5 Å². The third-order valence-electron chi connectivity index (χ3n) is 3.06. The minimum absolute atomic E-state index is 0.194. The topological polar surface area (TPSA) is 44.8 Å². The SMILES string of the molecule is COc1cc(C(=O)c2cccc(OC)c2OC)ccc1Cl. The Balaban J connectivity index is 2.50. The Kier molecular flexibility index (Phi) is 4.70. The maximum absolute atomic E-state index is 12.6. The molecule has 0 aliphatic carbocycles. The molecule has 0 aromatic heterocycles. The van der Waals surface area contributed by atoms with Crippen LogP contribution in [-0.4, -0.2) is 27.1 Å². The third-order valence-corrected chi connectivity index (χ3v) is 3.37. The van der Waals surface area contributed by atoms with Crippen molar-refractivity contribution in [2.24, 2.45) is 0 Å². The summed E-state index contributed by atoms with van der Waals surface area (Å²) in [6.45, 7) is 0. The average molecular weight is 307 g/mol. The summed E-state index contributed by atoms with van der Waals surface area (Å²) < 4.78 is 15.6. The molecule has 0 saturated carbocycles. The van der Waals surface area contributed by atoms with Crippen LogP contribution in [0.4, 0.5) is 0 Å². The summed E-state index contributed by atoms with van der Waals surface area (Å²) >= 11 is 5.97. The molecule has 0 amide bonds. The van der Waals surface area contributed by atoms with Crippen LogP contribution in [-0.2, 0) is 0 Å². The molecule has 0 N–H and O–H groups in total. The molecule has 2 aromatic carbocycles. The zero-order chi connectivity index (χ0) is 15.4. The Bertz CT molecular complexity index is 667. The number of ketones is 1. The first kappa shape index (κ1) is 15.2. The van der Waals surface area contributed by atoms with E-state index in [-0.39, 0.29) is 5.78 Å². The number of ether oxygens (including phenoxy) is 3. The molecule has 21 heavy (non-hydrogen) atoms. The summed E-state index contributed by atoms with van der Waals surface area (Å²) in [7, 11) is 4.52. The second-order valence-corrected chi connectivity index (χ2v) is 4.63. The van der Waals surface area contributed by atoms with Crippen molar-refractivity contribution in [3.63, 3.8) is 0 Å². The van der Waals surface area contributed by atoms with Gasteiger partial charge in [-0.1, -0.05) is 17.7 Å². The van der Waals surface area contributed by atoms with E-state index in [0.717, 1.165) is 0 Å². The monoisotopic (exact) mass is 306 g/mol. The number of hydrogen-bond acceptors (Lipinski definition) is 4. The van der Waals surface area contributed by atoms with Gasteiger partial charge < -0.3 is 14.2 Å². The molecule has 0 radical (unpaired) electrons. The lowest BCUT2D eigenvalue weighted by Gasteiger charge is -2.12. The number of methoxy groups -OCH3 is 3. The maximum Gasteiger partial charge on any atom is 0.197 e. The lowest BCUT2D eigenvalue weighted by atomic mass is 10.0. The van der Waals surface area contributed by atoms with Crippen molar-refractivity contribution >= 4 is 17.4 Å². The number of benzene rings is 2. The molecule has 0 bridgehead atoms. The number of para-hydroxylation sites is 1. The van der Waals surface area contributed by atoms with Crippen molar-refractivity contribution in [3.8, 4) is 17.2 Å². The Morgan fingerprint density at radius 2 is 1.67 bits per heavy atom. The molecule has 2 rings (SSSR count). The largest absolute Gasteiger partial charge is 0.495 e. The molecule has 0 unspecified atom stereocenters. The van der Waals surface area contributed by atoms with Gasteiger partial charge in [-0.25, -0.2) is 0 Å². The van der Waals surface area contributed by atoms with Crippen molar-refractivity contribution in [1.82, 2.24) is 0 Å². The van der Waals surface area contributed by atoms with Gasteiger partial charge in [-0.05, 0) is 30.3 Å². The van der Waals surface area contributed by atoms with Gasteiger partial charge in [0.15, 0.2) is 17.3 Å². The van der Waals surface area contributed by atoms with Crippen molar-refractivity contribution in [2.75, 3.05) is 21.3 Å². The molecule has 110 valence electrons. The number of hydrogen-bond donors (Lipinski definition) is 0. The normalized spacial score (nSPS) is 10.1. The lowest BCUT2D eigenvalue weighted by molar-refractivity contribution is 0.103. The molecule has 0 atom stereocenters. The highest BCUT2D eigenvalue weighted by atomic mass is 35.5. The first-order valence-electron chi connectivity index (χ1n) is 6.21. The van der Waals surface area contributed by atoms with E-state index in [1.807, 2.05) is 0 Å². The van der Waals surface area contributed by atoms with Gasteiger partial charge in [0.25, 0.3) is 0 Å². The molecule has 5 heteroatoms. The van der Waals surface area contributed by atoms with Crippen LogP contribution in [0.15, 0.2) is 36.4 Å². The van der Waals surface area contributed by atoms with E-state index >= 15 is 0 Å². The highest BCUT2D eigenvalue weighted by Gasteiger charge is 2.18. The fourth-order valence-electron chi connectivity index (χ4n) is 2.02. The third kappa shape index (κ3) is 2.95. The zero-order valence-electron chi connectivity index (χ0n) is 12.0. The smallest absolute Gasteiger partial charge is 0.197 e. The number of halogens is 1. The van der Waals surface area contributed by atoms with E-state index in [1.54, 1.807) is 36.4 Å².